The molecule has 1 saturated carbocycles. The van der Waals surface area contributed by atoms with Crippen LogP contribution >= 0.6 is 11.3 Å². The Labute approximate surface area is 191 Å². The van der Waals surface area contributed by atoms with Gasteiger partial charge in [-0.25, -0.2) is 0 Å². The van der Waals surface area contributed by atoms with Crippen LogP contribution in [-0.2, 0) is 14.3 Å². The molecule has 3 amide bonds. The zero-order valence-electron chi connectivity index (χ0n) is 17.9. The van der Waals surface area contributed by atoms with Crippen molar-refractivity contribution >= 4 is 40.4 Å². The Hall–Kier alpha value is -3.15. The predicted octanol–water partition coefficient (Wildman–Crippen LogP) is 3.08. The van der Waals surface area contributed by atoms with Gasteiger partial charge in [0.25, 0.3) is 11.8 Å². The molecule has 8 heteroatoms. The van der Waals surface area contributed by atoms with E-state index in [1.165, 1.54) is 11.3 Å². The van der Waals surface area contributed by atoms with Gasteiger partial charge >= 0.3 is 0 Å². The number of anilines is 2. The molecule has 7 nitrogen and oxygen atoms in total. The average Bonchev–Trinajstić information content (AvgIpc) is 3.45. The molecule has 2 aromatic rings. The van der Waals surface area contributed by atoms with Gasteiger partial charge in [-0.3, -0.25) is 14.4 Å². The number of amides is 3. The van der Waals surface area contributed by atoms with E-state index in [0.717, 1.165) is 24.1 Å². The highest BCUT2D eigenvalue weighted by atomic mass is 32.1. The first-order valence-corrected chi connectivity index (χ1v) is 11.4. The number of terminal acetylenes is 1. The summed E-state index contributed by atoms with van der Waals surface area (Å²) in [6.45, 7) is 2.98. The number of carbonyl (C=O) groups is 3. The molecular formula is C24H25N3O4S. The third-order valence-corrected chi connectivity index (χ3v) is 6.96. The van der Waals surface area contributed by atoms with Crippen LogP contribution in [0.2, 0.25) is 0 Å². The van der Waals surface area contributed by atoms with E-state index in [1.807, 2.05) is 19.1 Å². The first kappa shape index (κ1) is 22.1. The van der Waals surface area contributed by atoms with Crippen molar-refractivity contribution in [1.82, 2.24) is 5.32 Å². The fourth-order valence-corrected chi connectivity index (χ4v) is 4.98. The van der Waals surface area contributed by atoms with Gasteiger partial charge in [-0.2, -0.15) is 0 Å². The van der Waals surface area contributed by atoms with Gasteiger partial charge in [0.1, 0.15) is 12.1 Å². The van der Waals surface area contributed by atoms with Crippen LogP contribution in [0.4, 0.5) is 11.4 Å². The monoisotopic (exact) mass is 451 g/mol. The molecule has 32 heavy (non-hydrogen) atoms. The van der Waals surface area contributed by atoms with Crippen LogP contribution in [0.1, 0.15) is 45.8 Å². The molecule has 2 fully saturated rings. The first-order valence-electron chi connectivity index (χ1n) is 10.6. The Morgan fingerprint density at radius 3 is 2.66 bits per heavy atom. The molecule has 1 aliphatic heterocycles. The molecule has 166 valence electrons. The van der Waals surface area contributed by atoms with Gasteiger partial charge in [0.2, 0.25) is 5.91 Å². The first-order chi connectivity index (χ1) is 15.4. The molecule has 0 atom stereocenters. The third-order valence-electron chi connectivity index (χ3n) is 5.95. The molecule has 2 heterocycles. The van der Waals surface area contributed by atoms with Gasteiger partial charge in [0, 0.05) is 17.9 Å². The van der Waals surface area contributed by atoms with Crippen molar-refractivity contribution in [3.05, 3.63) is 45.6 Å². The Morgan fingerprint density at radius 1 is 1.22 bits per heavy atom. The molecular weight excluding hydrogens is 426 g/mol. The van der Waals surface area contributed by atoms with Gasteiger partial charge in [0.15, 0.2) is 0 Å². The summed E-state index contributed by atoms with van der Waals surface area (Å²) in [5.41, 5.74) is 1.36. The topological polar surface area (TPSA) is 87.7 Å². The van der Waals surface area contributed by atoms with E-state index >= 15 is 0 Å². The number of nitrogens with one attached hydrogen (secondary N) is 2. The zero-order valence-corrected chi connectivity index (χ0v) is 18.7. The lowest BCUT2D eigenvalue weighted by Gasteiger charge is -2.30. The van der Waals surface area contributed by atoms with Crippen molar-refractivity contribution in [2.45, 2.75) is 38.1 Å². The van der Waals surface area contributed by atoms with Crippen LogP contribution in [0.25, 0.3) is 0 Å². The van der Waals surface area contributed by atoms with Gasteiger partial charge in [-0.05, 0) is 55.7 Å². The number of hydrogen-bond acceptors (Lipinski definition) is 5. The number of nitrogens with zero attached hydrogens (tertiary/aromatic N) is 1. The van der Waals surface area contributed by atoms with Crippen molar-refractivity contribution in [3.63, 3.8) is 0 Å². The summed E-state index contributed by atoms with van der Waals surface area (Å²) in [4.78, 5) is 41.1. The summed E-state index contributed by atoms with van der Waals surface area (Å²) < 4.78 is 5.20. The van der Waals surface area contributed by atoms with Crippen molar-refractivity contribution in [3.8, 4) is 12.3 Å². The summed E-state index contributed by atoms with van der Waals surface area (Å²) in [6, 6.07) is 8.88. The molecule has 1 aliphatic carbocycles. The van der Waals surface area contributed by atoms with Crippen LogP contribution in [-0.4, -0.2) is 43.0 Å². The van der Waals surface area contributed by atoms with Crippen LogP contribution in [0, 0.1) is 19.3 Å². The maximum Gasteiger partial charge on any atom is 0.262 e. The zero-order chi connectivity index (χ0) is 22.7. The average molecular weight is 452 g/mol. The Kier molecular flexibility index (Phi) is 6.31. The lowest BCUT2D eigenvalue weighted by Crippen LogP contribution is -2.54. The van der Waals surface area contributed by atoms with E-state index in [-0.39, 0.29) is 24.3 Å². The van der Waals surface area contributed by atoms with Gasteiger partial charge in [-0.15, -0.1) is 17.8 Å². The van der Waals surface area contributed by atoms with Crippen LogP contribution in [0.15, 0.2) is 30.3 Å². The summed E-state index contributed by atoms with van der Waals surface area (Å²) >= 11 is 1.24. The fraction of sp³-hybridized carbons (Fsp3) is 0.375. The molecule has 2 aliphatic rings. The van der Waals surface area contributed by atoms with Crippen LogP contribution < -0.4 is 15.5 Å². The number of hydrogen-bond donors (Lipinski definition) is 2. The van der Waals surface area contributed by atoms with Crippen LogP contribution in [0.5, 0.6) is 0 Å². The molecule has 0 radical (unpaired) electrons. The second-order valence-corrected chi connectivity index (χ2v) is 9.19. The normalized spacial score (nSPS) is 17.6. The minimum absolute atomic E-state index is 0.0766. The second-order valence-electron chi connectivity index (χ2n) is 8.10. The van der Waals surface area contributed by atoms with Crippen molar-refractivity contribution in [1.29, 1.82) is 0 Å². The van der Waals surface area contributed by atoms with Crippen molar-refractivity contribution in [2.24, 2.45) is 0 Å². The SMILES string of the molecule is C#Cc1ccc(C(=O)NC2(C(=O)Nc3ccc(N4CCOCC4=O)c(C)c3)CCCC2)s1. The third kappa shape index (κ3) is 4.40. The Morgan fingerprint density at radius 2 is 2.00 bits per heavy atom. The highest BCUT2D eigenvalue weighted by Crippen LogP contribution is 2.33. The molecule has 1 aromatic heterocycles. The standard InChI is InChI=1S/C24H25N3O4S/c1-3-18-7-9-20(32-18)22(29)26-24(10-4-5-11-24)23(30)25-17-6-8-19(16(2)14-17)27-12-13-31-15-21(27)28/h1,6-9,14H,4-5,10-13,15H2,2H3,(H,25,30)(H,26,29). The number of carbonyl (C=O) groups excluding carboxylic acids is 3. The Balaban J connectivity index is 1.49. The molecule has 0 bridgehead atoms. The van der Waals surface area contributed by atoms with E-state index in [2.05, 4.69) is 16.6 Å². The minimum Gasteiger partial charge on any atom is -0.370 e. The van der Waals surface area contributed by atoms with Crippen LogP contribution in [0.3, 0.4) is 0 Å². The summed E-state index contributed by atoms with van der Waals surface area (Å²) in [6.07, 6.45) is 8.29. The molecule has 4 rings (SSSR count). The highest BCUT2D eigenvalue weighted by Gasteiger charge is 2.43. The lowest BCUT2D eigenvalue weighted by molar-refractivity contribution is -0.125. The fourth-order valence-electron chi connectivity index (χ4n) is 4.26. The molecule has 0 unspecified atom stereocenters. The maximum atomic E-state index is 13.3. The quantitative estimate of drug-likeness (QED) is 0.684. The number of benzene rings is 1. The molecule has 1 aromatic carbocycles. The van der Waals surface area contributed by atoms with E-state index in [1.54, 1.807) is 23.1 Å². The van der Waals surface area contributed by atoms with E-state index < -0.39 is 5.54 Å². The van der Waals surface area contributed by atoms with E-state index in [9.17, 15) is 14.4 Å². The largest absolute Gasteiger partial charge is 0.370 e. The van der Waals surface area contributed by atoms with E-state index in [0.29, 0.717) is 41.4 Å². The number of morpholine rings is 1. The van der Waals surface area contributed by atoms with Gasteiger partial charge < -0.3 is 20.3 Å². The molecule has 0 spiro atoms. The summed E-state index contributed by atoms with van der Waals surface area (Å²) in [7, 11) is 0. The van der Waals surface area contributed by atoms with E-state index in [4.69, 9.17) is 11.2 Å². The number of rotatable bonds is 5. The maximum absolute atomic E-state index is 13.3. The highest BCUT2D eigenvalue weighted by molar-refractivity contribution is 7.14. The smallest absolute Gasteiger partial charge is 0.262 e. The van der Waals surface area contributed by atoms with Gasteiger partial charge in [-0.1, -0.05) is 18.8 Å². The number of ether oxygens (including phenoxy) is 1. The summed E-state index contributed by atoms with van der Waals surface area (Å²) in [5.74, 6) is 1.93. The van der Waals surface area contributed by atoms with Crippen molar-refractivity contribution in [2.75, 3.05) is 30.0 Å². The number of thiophene rings is 1. The molecule has 2 N–H and O–H groups in total. The van der Waals surface area contributed by atoms with Crippen molar-refractivity contribution < 1.29 is 19.1 Å². The summed E-state index contributed by atoms with van der Waals surface area (Å²) in [5, 5.41) is 5.94. The lowest BCUT2D eigenvalue weighted by atomic mass is 9.95. The predicted molar refractivity (Wildman–Crippen MR) is 124 cm³/mol. The Bertz CT molecular complexity index is 1090. The van der Waals surface area contributed by atoms with Gasteiger partial charge in [0.05, 0.1) is 16.4 Å². The minimum atomic E-state index is -0.954. The molecule has 1 saturated heterocycles. The second kappa shape index (κ2) is 9.15. The number of aryl methyl sites for hydroxylation is 1.